The summed E-state index contributed by atoms with van der Waals surface area (Å²) < 4.78 is 10.6. The largest absolute Gasteiger partial charge is 0.383 e. The van der Waals surface area contributed by atoms with Gasteiger partial charge in [0.2, 0.25) is 0 Å². The van der Waals surface area contributed by atoms with Gasteiger partial charge in [-0.15, -0.1) is 0 Å². The van der Waals surface area contributed by atoms with E-state index in [-0.39, 0.29) is 6.04 Å². The van der Waals surface area contributed by atoms with E-state index in [1.54, 1.807) is 14.2 Å². The number of aryl methyl sites for hydroxylation is 2. The second-order valence-electron chi connectivity index (χ2n) is 5.65. The number of hydrogen-bond donors (Lipinski definition) is 1. The predicted octanol–water partition coefficient (Wildman–Crippen LogP) is 2.29. The molecule has 1 aromatic rings. The van der Waals surface area contributed by atoms with Crippen LogP contribution in [0.1, 0.15) is 29.7 Å². The molecule has 2 atom stereocenters. The Morgan fingerprint density at radius 1 is 1.19 bits per heavy atom. The van der Waals surface area contributed by atoms with Crippen molar-refractivity contribution in [2.45, 2.75) is 32.9 Å². The van der Waals surface area contributed by atoms with Gasteiger partial charge in [0.15, 0.2) is 0 Å². The number of nitrogens with zero attached hydrogens (tertiary/aromatic N) is 1. The molecule has 0 aliphatic rings. The molecule has 21 heavy (non-hydrogen) atoms. The summed E-state index contributed by atoms with van der Waals surface area (Å²) in [4.78, 5) is 2.38. The number of hydrogen-bond acceptors (Lipinski definition) is 4. The number of benzene rings is 1. The Bertz CT molecular complexity index is 423. The highest BCUT2D eigenvalue weighted by Crippen LogP contribution is 2.26. The Morgan fingerprint density at radius 3 is 2.48 bits per heavy atom. The normalized spacial score (nSPS) is 14.4. The lowest BCUT2D eigenvalue weighted by molar-refractivity contribution is 0.0485. The van der Waals surface area contributed by atoms with Crippen LogP contribution >= 0.6 is 0 Å². The molecule has 2 unspecified atom stereocenters. The molecule has 0 aromatic heterocycles. The van der Waals surface area contributed by atoms with Crippen molar-refractivity contribution in [2.75, 3.05) is 40.5 Å². The molecule has 0 heterocycles. The fraction of sp³-hybridized carbons (Fsp3) is 0.647. The molecule has 0 amide bonds. The molecule has 0 aliphatic heterocycles. The molecule has 0 aliphatic carbocycles. The molecule has 2 N–H and O–H groups in total. The van der Waals surface area contributed by atoms with Crippen LogP contribution in [0.3, 0.4) is 0 Å². The average molecular weight is 294 g/mol. The minimum atomic E-state index is 0.185. The third-order valence-electron chi connectivity index (χ3n) is 3.94. The molecule has 0 radical (unpaired) electrons. The second kappa shape index (κ2) is 9.15. The van der Waals surface area contributed by atoms with Gasteiger partial charge in [0.25, 0.3) is 0 Å². The lowest BCUT2D eigenvalue weighted by Gasteiger charge is -2.36. The molecule has 0 fully saturated rings. The summed E-state index contributed by atoms with van der Waals surface area (Å²) in [7, 11) is 3.47. The van der Waals surface area contributed by atoms with E-state index >= 15 is 0 Å². The van der Waals surface area contributed by atoms with Gasteiger partial charge in [-0.05, 0) is 31.9 Å². The molecule has 4 nitrogen and oxygen atoms in total. The van der Waals surface area contributed by atoms with E-state index in [1.165, 1.54) is 16.7 Å². The first kappa shape index (κ1) is 18.1. The van der Waals surface area contributed by atoms with Crippen LogP contribution < -0.4 is 5.73 Å². The summed E-state index contributed by atoms with van der Waals surface area (Å²) in [6, 6.07) is 7.03. The first-order chi connectivity index (χ1) is 10.0. The van der Waals surface area contributed by atoms with Crippen LogP contribution in [0.5, 0.6) is 0 Å². The van der Waals surface area contributed by atoms with Crippen molar-refractivity contribution < 1.29 is 9.47 Å². The molecule has 0 bridgehead atoms. The van der Waals surface area contributed by atoms with Gasteiger partial charge < -0.3 is 15.2 Å². The zero-order valence-electron chi connectivity index (χ0n) is 14.1. The zero-order valence-corrected chi connectivity index (χ0v) is 14.1. The molecule has 120 valence electrons. The van der Waals surface area contributed by atoms with Gasteiger partial charge in [0.1, 0.15) is 0 Å². The highest BCUT2D eigenvalue weighted by molar-refractivity contribution is 5.33. The summed E-state index contributed by atoms with van der Waals surface area (Å²) in [5.74, 6) is 0. The van der Waals surface area contributed by atoms with Crippen molar-refractivity contribution in [1.82, 2.24) is 4.90 Å². The molecule has 0 spiro atoms. The van der Waals surface area contributed by atoms with Crippen LogP contribution in [0.25, 0.3) is 0 Å². The summed E-state index contributed by atoms with van der Waals surface area (Å²) in [5.41, 5.74) is 9.95. The smallest absolute Gasteiger partial charge is 0.0615 e. The summed E-state index contributed by atoms with van der Waals surface area (Å²) in [6.07, 6.45) is 0. The van der Waals surface area contributed by atoms with Crippen LogP contribution in [0.15, 0.2) is 18.2 Å². The van der Waals surface area contributed by atoms with Crippen molar-refractivity contribution in [1.29, 1.82) is 0 Å². The van der Waals surface area contributed by atoms with E-state index in [4.69, 9.17) is 15.2 Å². The van der Waals surface area contributed by atoms with Crippen molar-refractivity contribution in [3.63, 3.8) is 0 Å². The summed E-state index contributed by atoms with van der Waals surface area (Å²) in [6.45, 7) is 9.24. The van der Waals surface area contributed by atoms with Gasteiger partial charge in [0, 0.05) is 39.4 Å². The monoisotopic (exact) mass is 294 g/mol. The minimum Gasteiger partial charge on any atom is -0.383 e. The fourth-order valence-electron chi connectivity index (χ4n) is 2.78. The molecular weight excluding hydrogens is 264 g/mol. The predicted molar refractivity (Wildman–Crippen MR) is 87.6 cm³/mol. The quantitative estimate of drug-likeness (QED) is 0.759. The molecule has 0 saturated carbocycles. The Morgan fingerprint density at radius 2 is 1.90 bits per heavy atom. The maximum Gasteiger partial charge on any atom is 0.0615 e. The third-order valence-corrected chi connectivity index (χ3v) is 3.94. The van der Waals surface area contributed by atoms with Crippen LogP contribution in [-0.2, 0) is 9.47 Å². The Balaban J connectivity index is 3.07. The van der Waals surface area contributed by atoms with E-state index in [0.717, 1.165) is 6.54 Å². The lowest BCUT2D eigenvalue weighted by Crippen LogP contribution is -2.44. The van der Waals surface area contributed by atoms with Gasteiger partial charge >= 0.3 is 0 Å². The fourth-order valence-corrected chi connectivity index (χ4v) is 2.78. The van der Waals surface area contributed by atoms with E-state index in [0.29, 0.717) is 25.8 Å². The van der Waals surface area contributed by atoms with Gasteiger partial charge in [-0.1, -0.05) is 23.8 Å². The van der Waals surface area contributed by atoms with Crippen molar-refractivity contribution in [3.8, 4) is 0 Å². The standard InChI is InChI=1S/C17H30N2O2/c1-13-6-7-14(2)16(10-13)17(11-18)19(8-9-20-4)15(3)12-21-5/h6-7,10,15,17H,8-9,11-12,18H2,1-5H3. The lowest BCUT2D eigenvalue weighted by atomic mass is 9.96. The van der Waals surface area contributed by atoms with Crippen LogP contribution in [-0.4, -0.2) is 51.5 Å². The van der Waals surface area contributed by atoms with Crippen LogP contribution in [0, 0.1) is 13.8 Å². The van der Waals surface area contributed by atoms with Crippen molar-refractivity contribution >= 4 is 0 Å². The molecule has 0 saturated heterocycles. The molecule has 4 heteroatoms. The Kier molecular flexibility index (Phi) is 7.89. The van der Waals surface area contributed by atoms with Gasteiger partial charge in [0.05, 0.1) is 13.2 Å². The topological polar surface area (TPSA) is 47.7 Å². The minimum absolute atomic E-state index is 0.185. The first-order valence-corrected chi connectivity index (χ1v) is 7.56. The van der Waals surface area contributed by atoms with Crippen molar-refractivity contribution in [2.24, 2.45) is 5.73 Å². The van der Waals surface area contributed by atoms with E-state index in [2.05, 4.69) is 43.9 Å². The highest BCUT2D eigenvalue weighted by Gasteiger charge is 2.25. The third kappa shape index (κ3) is 5.08. The second-order valence-corrected chi connectivity index (χ2v) is 5.65. The van der Waals surface area contributed by atoms with E-state index < -0.39 is 0 Å². The number of ether oxygens (including phenoxy) is 2. The molecule has 1 rings (SSSR count). The molecular formula is C17H30N2O2. The highest BCUT2D eigenvalue weighted by atomic mass is 16.5. The number of rotatable bonds is 9. The average Bonchev–Trinajstić information content (AvgIpc) is 2.46. The SMILES string of the molecule is COCCN(C(C)COC)C(CN)c1cc(C)ccc1C. The van der Waals surface area contributed by atoms with Gasteiger partial charge in [-0.2, -0.15) is 0 Å². The maximum absolute atomic E-state index is 6.11. The zero-order chi connectivity index (χ0) is 15.8. The first-order valence-electron chi connectivity index (χ1n) is 7.56. The van der Waals surface area contributed by atoms with Crippen LogP contribution in [0.4, 0.5) is 0 Å². The Labute approximate surface area is 129 Å². The molecule has 1 aromatic carbocycles. The summed E-state index contributed by atoms with van der Waals surface area (Å²) in [5, 5.41) is 0. The van der Waals surface area contributed by atoms with Gasteiger partial charge in [-0.25, -0.2) is 0 Å². The number of methoxy groups -OCH3 is 2. The Hall–Kier alpha value is -0.940. The summed E-state index contributed by atoms with van der Waals surface area (Å²) >= 11 is 0. The van der Waals surface area contributed by atoms with Crippen LogP contribution in [0.2, 0.25) is 0 Å². The van der Waals surface area contributed by atoms with Crippen molar-refractivity contribution in [3.05, 3.63) is 34.9 Å². The number of nitrogens with two attached hydrogens (primary N) is 1. The van der Waals surface area contributed by atoms with E-state index in [1.807, 2.05) is 0 Å². The van der Waals surface area contributed by atoms with Gasteiger partial charge in [-0.3, -0.25) is 4.90 Å². The van der Waals surface area contributed by atoms with E-state index in [9.17, 15) is 0 Å². The maximum atomic E-state index is 6.11.